The maximum atomic E-state index is 13.4. The van der Waals surface area contributed by atoms with Crippen molar-refractivity contribution < 1.29 is 32.7 Å². The molecule has 0 saturated heterocycles. The summed E-state index contributed by atoms with van der Waals surface area (Å²) in [4.78, 5) is 42.1. The maximum Gasteiger partial charge on any atom is 0.433 e. The van der Waals surface area contributed by atoms with E-state index in [1.165, 1.54) is 23.0 Å². The standard InChI is InChI=1S/C28H32F3N9O2.CH2O2/c1-2-16-13-19(6-7-20(16)27(42)35-9-3-8-34-26(41)17-4-5-18(32)12-17)38-24-25-36-15-22(40(25)11-10-33-24)21-14-37-39-23(21)28(29,30)31;2-1-3/h6-7,10-11,13-15,17-18H,2-5,8-9,12,32H2,1H3,(H,33,38)(H,34,41)(H,35,42)(H,37,39);1H,(H,2,3)/t17-,18+;/m0./s1. The van der Waals surface area contributed by atoms with Crippen molar-refractivity contribution in [2.45, 2.75) is 51.2 Å². The zero-order valence-electron chi connectivity index (χ0n) is 24.4. The van der Waals surface area contributed by atoms with Gasteiger partial charge in [0.25, 0.3) is 12.4 Å². The molecule has 4 aromatic rings. The number of fused-ring (bicyclic) bond motifs is 1. The van der Waals surface area contributed by atoms with E-state index in [2.05, 4.69) is 31.0 Å². The van der Waals surface area contributed by atoms with Gasteiger partial charge in [0.05, 0.1) is 23.7 Å². The highest BCUT2D eigenvalue weighted by atomic mass is 19.4. The molecule has 5 rings (SSSR count). The Morgan fingerprint density at radius 3 is 2.62 bits per heavy atom. The van der Waals surface area contributed by atoms with Crippen LogP contribution in [0.1, 0.15) is 54.2 Å². The molecule has 1 fully saturated rings. The number of hydrogen-bond donors (Lipinski definition) is 6. The number of carbonyl (C=O) groups excluding carboxylic acids is 2. The average Bonchev–Trinajstić information content (AvgIpc) is 3.77. The number of carboxylic acid groups (broad SMARTS) is 1. The van der Waals surface area contributed by atoms with Crippen molar-refractivity contribution in [2.24, 2.45) is 11.7 Å². The molecular formula is C29H34F3N9O4. The zero-order chi connectivity index (χ0) is 32.6. The number of aromatic amines is 1. The van der Waals surface area contributed by atoms with Gasteiger partial charge in [0.1, 0.15) is 5.69 Å². The molecule has 0 unspecified atom stereocenters. The van der Waals surface area contributed by atoms with Crippen molar-refractivity contribution in [3.8, 4) is 11.3 Å². The lowest BCUT2D eigenvalue weighted by Crippen LogP contribution is -2.33. The van der Waals surface area contributed by atoms with E-state index >= 15 is 0 Å². The Hall–Kier alpha value is -4.99. The molecule has 1 saturated carbocycles. The molecule has 1 aliphatic rings. The first-order valence-corrected chi connectivity index (χ1v) is 14.3. The summed E-state index contributed by atoms with van der Waals surface area (Å²) >= 11 is 0. The Bertz CT molecular complexity index is 1640. The largest absolute Gasteiger partial charge is 0.483 e. The molecule has 3 heterocycles. The Morgan fingerprint density at radius 2 is 1.93 bits per heavy atom. The van der Waals surface area contributed by atoms with Crippen LogP contribution in [0, 0.1) is 5.92 Å². The molecule has 16 heteroatoms. The minimum absolute atomic E-state index is 0.0229. The van der Waals surface area contributed by atoms with Gasteiger partial charge in [-0.05, 0) is 55.9 Å². The number of nitrogens with two attached hydrogens (primary N) is 1. The second kappa shape index (κ2) is 14.7. The van der Waals surface area contributed by atoms with Crippen molar-refractivity contribution in [3.05, 3.63) is 59.8 Å². The van der Waals surface area contributed by atoms with Crippen LogP contribution in [0.5, 0.6) is 0 Å². The first-order valence-electron chi connectivity index (χ1n) is 14.3. The number of nitrogens with one attached hydrogen (secondary N) is 4. The predicted octanol–water partition coefficient (Wildman–Crippen LogP) is 3.51. The predicted molar refractivity (Wildman–Crippen MR) is 159 cm³/mol. The Labute approximate surface area is 255 Å². The van der Waals surface area contributed by atoms with Crippen molar-refractivity contribution in [1.82, 2.24) is 35.2 Å². The van der Waals surface area contributed by atoms with Gasteiger partial charge in [-0.2, -0.15) is 18.3 Å². The lowest BCUT2D eigenvalue weighted by Gasteiger charge is -2.13. The summed E-state index contributed by atoms with van der Waals surface area (Å²) in [5.41, 5.74) is 7.29. The van der Waals surface area contributed by atoms with Crippen molar-refractivity contribution in [1.29, 1.82) is 0 Å². The second-order valence-corrected chi connectivity index (χ2v) is 10.4. The topological polar surface area (TPSA) is 192 Å². The first-order chi connectivity index (χ1) is 21.6. The molecule has 0 spiro atoms. The van der Waals surface area contributed by atoms with E-state index in [-0.39, 0.29) is 41.5 Å². The smallest absolute Gasteiger partial charge is 0.433 e. The number of carbonyl (C=O) groups is 3. The van der Waals surface area contributed by atoms with Crippen LogP contribution < -0.4 is 21.7 Å². The van der Waals surface area contributed by atoms with Crippen LogP contribution in [-0.2, 0) is 22.2 Å². The number of benzene rings is 1. The number of alkyl halides is 3. The number of imidazole rings is 1. The van der Waals surface area contributed by atoms with Gasteiger partial charge in [-0.15, -0.1) is 0 Å². The summed E-state index contributed by atoms with van der Waals surface area (Å²) < 4.78 is 41.8. The number of aromatic nitrogens is 5. The van der Waals surface area contributed by atoms with E-state index < -0.39 is 11.9 Å². The molecule has 240 valence electrons. The fourth-order valence-electron chi connectivity index (χ4n) is 5.22. The zero-order valence-corrected chi connectivity index (χ0v) is 24.4. The summed E-state index contributed by atoms with van der Waals surface area (Å²) in [5, 5.41) is 21.5. The highest BCUT2D eigenvalue weighted by Crippen LogP contribution is 2.36. The van der Waals surface area contributed by atoms with Gasteiger partial charge in [-0.3, -0.25) is 23.9 Å². The van der Waals surface area contributed by atoms with Crippen LogP contribution in [0.25, 0.3) is 16.9 Å². The molecule has 2 atom stereocenters. The number of hydrogen-bond acceptors (Lipinski definition) is 8. The third kappa shape index (κ3) is 7.94. The second-order valence-electron chi connectivity index (χ2n) is 10.4. The monoisotopic (exact) mass is 629 g/mol. The Balaban J connectivity index is 0.00000148. The highest BCUT2D eigenvalue weighted by Gasteiger charge is 2.36. The van der Waals surface area contributed by atoms with E-state index in [0.717, 1.165) is 31.0 Å². The van der Waals surface area contributed by atoms with Gasteiger partial charge < -0.3 is 26.8 Å². The lowest BCUT2D eigenvalue weighted by atomic mass is 10.0. The quantitative estimate of drug-likeness (QED) is 0.113. The lowest BCUT2D eigenvalue weighted by molar-refractivity contribution is -0.140. The van der Waals surface area contributed by atoms with Crippen LogP contribution >= 0.6 is 0 Å². The SMILES string of the molecule is CCc1cc(Nc2nccn3c(-c4cn[nH]c4C(F)(F)F)cnc23)ccc1C(=O)NCCCNC(=O)[C@H]1CC[C@@H](N)C1.O=CO. The molecular weight excluding hydrogens is 595 g/mol. The minimum atomic E-state index is -4.60. The molecule has 3 aromatic heterocycles. The number of H-pyrrole nitrogens is 1. The number of nitrogens with zero attached hydrogens (tertiary/aromatic N) is 4. The molecule has 1 aromatic carbocycles. The van der Waals surface area contributed by atoms with Crippen molar-refractivity contribution in [2.75, 3.05) is 18.4 Å². The number of aryl methyl sites for hydroxylation is 1. The third-order valence-electron chi connectivity index (χ3n) is 7.40. The van der Waals surface area contributed by atoms with Crippen LogP contribution in [0.3, 0.4) is 0 Å². The number of anilines is 2. The fraction of sp³-hybridized carbons (Fsp3) is 0.379. The van der Waals surface area contributed by atoms with Crippen LogP contribution in [-0.4, -0.2) is 67.1 Å². The van der Waals surface area contributed by atoms with Gasteiger partial charge in [0, 0.05) is 48.7 Å². The van der Waals surface area contributed by atoms with Crippen LogP contribution in [0.15, 0.2) is 43.0 Å². The molecule has 1 aliphatic carbocycles. The van der Waals surface area contributed by atoms with Crippen LogP contribution in [0.2, 0.25) is 0 Å². The number of halogens is 3. The van der Waals surface area contributed by atoms with E-state index in [1.54, 1.807) is 12.1 Å². The average molecular weight is 630 g/mol. The molecule has 13 nitrogen and oxygen atoms in total. The summed E-state index contributed by atoms with van der Waals surface area (Å²) in [6.45, 7) is 2.57. The number of rotatable bonds is 10. The van der Waals surface area contributed by atoms with E-state index in [4.69, 9.17) is 15.6 Å². The summed E-state index contributed by atoms with van der Waals surface area (Å²) in [5.74, 6) is 0.118. The molecule has 0 radical (unpaired) electrons. The van der Waals surface area contributed by atoms with E-state index in [0.29, 0.717) is 48.6 Å². The molecule has 0 aliphatic heterocycles. The van der Waals surface area contributed by atoms with Crippen molar-refractivity contribution >= 4 is 35.4 Å². The summed E-state index contributed by atoms with van der Waals surface area (Å²) in [6.07, 6.45) is 4.42. The Morgan fingerprint density at radius 1 is 1.18 bits per heavy atom. The normalized spacial score (nSPS) is 16.1. The minimum Gasteiger partial charge on any atom is -0.483 e. The molecule has 0 bridgehead atoms. The molecule has 2 amide bonds. The van der Waals surface area contributed by atoms with Gasteiger partial charge >= 0.3 is 6.18 Å². The summed E-state index contributed by atoms with van der Waals surface area (Å²) in [7, 11) is 0. The van der Waals surface area contributed by atoms with Gasteiger partial charge in [0.2, 0.25) is 5.91 Å². The fourth-order valence-corrected chi connectivity index (χ4v) is 5.22. The van der Waals surface area contributed by atoms with Gasteiger partial charge in [-0.1, -0.05) is 6.92 Å². The Kier molecular flexibility index (Phi) is 10.7. The summed E-state index contributed by atoms with van der Waals surface area (Å²) in [6, 6.07) is 5.36. The number of amides is 2. The van der Waals surface area contributed by atoms with Gasteiger partial charge in [-0.25, -0.2) is 9.97 Å². The van der Waals surface area contributed by atoms with E-state index in [9.17, 15) is 22.8 Å². The molecule has 7 N–H and O–H groups in total. The van der Waals surface area contributed by atoms with Crippen LogP contribution in [0.4, 0.5) is 24.7 Å². The van der Waals surface area contributed by atoms with E-state index in [1.807, 2.05) is 18.1 Å². The first kappa shape index (κ1) is 32.9. The maximum absolute atomic E-state index is 13.4. The molecule has 45 heavy (non-hydrogen) atoms. The third-order valence-corrected chi connectivity index (χ3v) is 7.40. The van der Waals surface area contributed by atoms with Gasteiger partial charge in [0.15, 0.2) is 11.5 Å². The van der Waals surface area contributed by atoms with Crippen molar-refractivity contribution in [3.63, 3.8) is 0 Å². The highest BCUT2D eigenvalue weighted by molar-refractivity contribution is 5.96.